The summed E-state index contributed by atoms with van der Waals surface area (Å²) in [5.41, 5.74) is 0.634. The fourth-order valence-electron chi connectivity index (χ4n) is 1.06. The highest BCUT2D eigenvalue weighted by Gasteiger charge is 2.27. The Labute approximate surface area is 63.7 Å². The lowest BCUT2D eigenvalue weighted by Gasteiger charge is -2.23. The predicted octanol–water partition coefficient (Wildman–Crippen LogP) is -0.254. The molecule has 5 heteroatoms. The molecule has 0 aliphatic carbocycles. The first-order valence-corrected chi connectivity index (χ1v) is 3.23. The van der Waals surface area contributed by atoms with Gasteiger partial charge in [-0.3, -0.25) is 5.41 Å². The van der Waals surface area contributed by atoms with Crippen LogP contribution in [0, 0.1) is 5.41 Å². The zero-order valence-corrected chi connectivity index (χ0v) is 6.02. The molecular formula is C6H7N5. The van der Waals surface area contributed by atoms with E-state index in [-0.39, 0.29) is 12.0 Å². The Morgan fingerprint density at radius 2 is 2.45 bits per heavy atom. The molecule has 56 valence electrons. The molecule has 0 aromatic rings. The summed E-state index contributed by atoms with van der Waals surface area (Å²) in [6.07, 6.45) is 2.95. The Morgan fingerprint density at radius 1 is 1.64 bits per heavy atom. The van der Waals surface area contributed by atoms with Gasteiger partial charge in [-0.15, -0.1) is 0 Å². The van der Waals surface area contributed by atoms with Crippen molar-refractivity contribution in [2.75, 3.05) is 7.05 Å². The van der Waals surface area contributed by atoms with Gasteiger partial charge in [-0.1, -0.05) is 0 Å². The summed E-state index contributed by atoms with van der Waals surface area (Å²) in [5.74, 6) is 0.214. The molecule has 0 aromatic heterocycles. The third-order valence-electron chi connectivity index (χ3n) is 1.65. The minimum atomic E-state index is -0.111. The molecule has 0 bridgehead atoms. The van der Waals surface area contributed by atoms with Crippen molar-refractivity contribution in [1.29, 1.82) is 5.41 Å². The number of hydrogen-bond acceptors (Lipinski definition) is 4. The van der Waals surface area contributed by atoms with Gasteiger partial charge in [0, 0.05) is 7.05 Å². The van der Waals surface area contributed by atoms with E-state index in [9.17, 15) is 0 Å². The highest BCUT2D eigenvalue weighted by atomic mass is 15.3. The quantitative estimate of drug-likeness (QED) is 0.507. The standard InChI is InChI=1S/C6H7N5/c1-11-3-10-5(7)4-6(11)9-2-8-4/h2-3,6-7H,1H3. The van der Waals surface area contributed by atoms with Crippen LogP contribution in [0.4, 0.5) is 0 Å². The summed E-state index contributed by atoms with van der Waals surface area (Å²) >= 11 is 0. The maximum absolute atomic E-state index is 7.37. The van der Waals surface area contributed by atoms with Crippen molar-refractivity contribution < 1.29 is 0 Å². The third-order valence-corrected chi connectivity index (χ3v) is 1.65. The number of hydrogen-bond donors (Lipinski definition) is 1. The zero-order chi connectivity index (χ0) is 7.84. The SMILES string of the molecule is CN1C=NC(=N)C2=NC=NC21. The molecule has 0 spiro atoms. The average Bonchev–Trinajstić information content (AvgIpc) is 2.45. The Morgan fingerprint density at radius 3 is 3.18 bits per heavy atom. The number of fused-ring (bicyclic) bond motifs is 1. The second-order valence-electron chi connectivity index (χ2n) is 2.41. The molecule has 0 saturated heterocycles. The van der Waals surface area contributed by atoms with E-state index in [1.807, 2.05) is 11.9 Å². The molecule has 1 atom stereocenters. The Hall–Kier alpha value is -1.52. The molecule has 2 heterocycles. The average molecular weight is 149 g/mol. The van der Waals surface area contributed by atoms with Gasteiger partial charge in [0.2, 0.25) is 0 Å². The van der Waals surface area contributed by atoms with Gasteiger partial charge in [-0.2, -0.15) is 0 Å². The topological polar surface area (TPSA) is 64.2 Å². The van der Waals surface area contributed by atoms with E-state index in [0.29, 0.717) is 5.71 Å². The van der Waals surface area contributed by atoms with Crippen LogP contribution in [0.5, 0.6) is 0 Å². The van der Waals surface area contributed by atoms with Crippen LogP contribution < -0.4 is 0 Å². The molecule has 0 radical (unpaired) electrons. The zero-order valence-electron chi connectivity index (χ0n) is 6.02. The van der Waals surface area contributed by atoms with E-state index in [1.165, 1.54) is 6.34 Å². The first-order valence-electron chi connectivity index (χ1n) is 3.23. The Bertz CT molecular complexity index is 287. The van der Waals surface area contributed by atoms with Crippen LogP contribution in [-0.2, 0) is 0 Å². The summed E-state index contributed by atoms with van der Waals surface area (Å²) in [5, 5.41) is 7.37. The maximum Gasteiger partial charge on any atom is 0.172 e. The van der Waals surface area contributed by atoms with Gasteiger partial charge in [0.05, 0.1) is 6.34 Å². The maximum atomic E-state index is 7.37. The smallest absolute Gasteiger partial charge is 0.172 e. The van der Waals surface area contributed by atoms with E-state index >= 15 is 0 Å². The summed E-state index contributed by atoms with van der Waals surface area (Å²) in [7, 11) is 1.86. The van der Waals surface area contributed by atoms with E-state index in [0.717, 1.165) is 0 Å². The molecule has 5 nitrogen and oxygen atoms in total. The van der Waals surface area contributed by atoms with E-state index in [4.69, 9.17) is 5.41 Å². The van der Waals surface area contributed by atoms with Crippen LogP contribution >= 0.6 is 0 Å². The molecule has 1 N–H and O–H groups in total. The first-order chi connectivity index (χ1) is 5.29. The largest absolute Gasteiger partial charge is 0.339 e. The van der Waals surface area contributed by atoms with Gasteiger partial charge < -0.3 is 4.90 Å². The number of aliphatic imine (C=N–C) groups is 3. The van der Waals surface area contributed by atoms with Gasteiger partial charge in [-0.25, -0.2) is 15.0 Å². The summed E-state index contributed by atoms with van der Waals surface area (Å²) in [6, 6.07) is 0. The monoisotopic (exact) mass is 149 g/mol. The third kappa shape index (κ3) is 0.772. The molecule has 0 saturated carbocycles. The van der Waals surface area contributed by atoms with Crippen LogP contribution in [0.3, 0.4) is 0 Å². The van der Waals surface area contributed by atoms with Gasteiger partial charge in [0.15, 0.2) is 12.0 Å². The van der Waals surface area contributed by atoms with Gasteiger partial charge in [0.25, 0.3) is 0 Å². The van der Waals surface area contributed by atoms with Gasteiger partial charge >= 0.3 is 0 Å². The van der Waals surface area contributed by atoms with Crippen LogP contribution in [0.1, 0.15) is 0 Å². The number of rotatable bonds is 0. The van der Waals surface area contributed by atoms with Gasteiger partial charge in [-0.05, 0) is 0 Å². The van der Waals surface area contributed by atoms with Crippen LogP contribution in [0.15, 0.2) is 15.0 Å². The van der Waals surface area contributed by atoms with Crippen LogP contribution in [0.2, 0.25) is 0 Å². The predicted molar refractivity (Wildman–Crippen MR) is 43.7 cm³/mol. The second kappa shape index (κ2) is 1.98. The molecular weight excluding hydrogens is 142 g/mol. The Balaban J connectivity index is 2.42. The second-order valence-corrected chi connectivity index (χ2v) is 2.41. The highest BCUT2D eigenvalue weighted by molar-refractivity contribution is 6.46. The van der Waals surface area contributed by atoms with Crippen molar-refractivity contribution in [3.05, 3.63) is 0 Å². The van der Waals surface area contributed by atoms with Gasteiger partial charge in [0.1, 0.15) is 12.1 Å². The van der Waals surface area contributed by atoms with Crippen molar-refractivity contribution in [2.45, 2.75) is 6.17 Å². The lowest BCUT2D eigenvalue weighted by atomic mass is 10.2. The van der Waals surface area contributed by atoms with Crippen molar-refractivity contribution >= 4 is 24.2 Å². The molecule has 1 unspecified atom stereocenters. The molecule has 0 amide bonds. The normalized spacial score (nSPS) is 27.4. The number of amidine groups is 1. The number of nitrogens with one attached hydrogen (secondary N) is 1. The van der Waals surface area contributed by atoms with Crippen molar-refractivity contribution in [2.24, 2.45) is 15.0 Å². The van der Waals surface area contributed by atoms with E-state index < -0.39 is 0 Å². The lowest BCUT2D eigenvalue weighted by Crippen LogP contribution is -2.41. The highest BCUT2D eigenvalue weighted by Crippen LogP contribution is 2.09. The van der Waals surface area contributed by atoms with Crippen molar-refractivity contribution in [1.82, 2.24) is 4.90 Å². The molecule has 11 heavy (non-hydrogen) atoms. The van der Waals surface area contributed by atoms with Crippen molar-refractivity contribution in [3.63, 3.8) is 0 Å². The van der Waals surface area contributed by atoms with Crippen LogP contribution in [-0.4, -0.2) is 42.3 Å². The minimum Gasteiger partial charge on any atom is -0.339 e. The van der Waals surface area contributed by atoms with Crippen LogP contribution in [0.25, 0.3) is 0 Å². The molecule has 0 fully saturated rings. The molecule has 2 aliphatic heterocycles. The summed E-state index contributed by atoms with van der Waals surface area (Å²) in [4.78, 5) is 13.6. The van der Waals surface area contributed by atoms with Crippen molar-refractivity contribution in [3.8, 4) is 0 Å². The fraction of sp³-hybridized carbons (Fsp3) is 0.333. The fourth-order valence-corrected chi connectivity index (χ4v) is 1.06. The van der Waals surface area contributed by atoms with E-state index in [1.54, 1.807) is 6.34 Å². The first kappa shape index (κ1) is 6.21. The molecule has 2 aliphatic rings. The molecule has 2 rings (SSSR count). The minimum absolute atomic E-state index is 0.111. The molecule has 0 aromatic carbocycles. The number of nitrogens with zero attached hydrogens (tertiary/aromatic N) is 4. The van der Waals surface area contributed by atoms with E-state index in [2.05, 4.69) is 15.0 Å². The Kier molecular flexibility index (Phi) is 1.12. The summed E-state index contributed by atoms with van der Waals surface area (Å²) in [6.45, 7) is 0. The lowest BCUT2D eigenvalue weighted by molar-refractivity contribution is 0.477. The summed E-state index contributed by atoms with van der Waals surface area (Å²) < 4.78 is 0.